The average Bonchev–Trinajstić information content (AvgIpc) is 2.64. The van der Waals surface area contributed by atoms with Gasteiger partial charge >= 0.3 is 5.97 Å². The van der Waals surface area contributed by atoms with Crippen LogP contribution in [0.2, 0.25) is 0 Å². The quantitative estimate of drug-likeness (QED) is 0.871. The molecule has 1 aliphatic heterocycles. The van der Waals surface area contributed by atoms with Gasteiger partial charge in [0.05, 0.1) is 12.7 Å². The largest absolute Gasteiger partial charge is 0.497 e. The lowest BCUT2D eigenvalue weighted by Gasteiger charge is -2.16. The summed E-state index contributed by atoms with van der Waals surface area (Å²) in [6, 6.07) is 9.17. The first-order chi connectivity index (χ1) is 12.5. The lowest BCUT2D eigenvalue weighted by molar-refractivity contribution is -0.132. The predicted molar refractivity (Wildman–Crippen MR) is 94.6 cm³/mol. The van der Waals surface area contributed by atoms with E-state index in [0.717, 1.165) is 0 Å². The molecule has 2 aromatic carbocycles. The lowest BCUT2D eigenvalue weighted by Crippen LogP contribution is -2.24. The number of aliphatic imine (C=N–C) groups is 1. The van der Waals surface area contributed by atoms with Gasteiger partial charge in [-0.25, -0.2) is 13.6 Å². The molecule has 0 aromatic heterocycles. The first-order valence-electron chi connectivity index (χ1n) is 7.88. The van der Waals surface area contributed by atoms with Gasteiger partial charge in [0.25, 0.3) is 0 Å². The average molecular weight is 358 g/mol. The van der Waals surface area contributed by atoms with Crippen molar-refractivity contribution in [1.29, 1.82) is 0 Å². The zero-order valence-corrected chi connectivity index (χ0v) is 13.9. The number of carboxylic acids is 1. The number of halogens is 2. The van der Waals surface area contributed by atoms with Crippen molar-refractivity contribution in [3.8, 4) is 16.9 Å². The molecule has 2 aromatic rings. The summed E-state index contributed by atoms with van der Waals surface area (Å²) in [6.45, 7) is 0.351. The second-order valence-electron chi connectivity index (χ2n) is 5.61. The van der Waals surface area contributed by atoms with Crippen molar-refractivity contribution >= 4 is 17.5 Å². The maximum Gasteiger partial charge on any atom is 0.339 e. The molecule has 0 radical (unpaired) electrons. The Kier molecular flexibility index (Phi) is 4.97. The van der Waals surface area contributed by atoms with Crippen LogP contribution in [0.4, 0.5) is 14.5 Å². The van der Waals surface area contributed by atoms with E-state index in [1.165, 1.54) is 25.3 Å². The van der Waals surface area contributed by atoms with Crippen molar-refractivity contribution in [3.05, 3.63) is 59.7 Å². The van der Waals surface area contributed by atoms with E-state index in [-0.39, 0.29) is 11.4 Å². The third-order valence-electron chi connectivity index (χ3n) is 3.92. The van der Waals surface area contributed by atoms with Crippen LogP contribution in [0.15, 0.2) is 53.0 Å². The molecular formula is C19H16F2N2O3. The fourth-order valence-electron chi connectivity index (χ4n) is 2.64. The third kappa shape index (κ3) is 3.56. The molecule has 0 fully saturated rings. The van der Waals surface area contributed by atoms with Crippen molar-refractivity contribution < 1.29 is 23.4 Å². The normalized spacial score (nSPS) is 13.7. The number of benzene rings is 2. The highest BCUT2D eigenvalue weighted by atomic mass is 19.1. The Balaban J connectivity index is 1.94. The number of hydrogen-bond donors (Lipinski definition) is 2. The van der Waals surface area contributed by atoms with Crippen LogP contribution < -0.4 is 10.1 Å². The van der Waals surface area contributed by atoms with Gasteiger partial charge in [-0.1, -0.05) is 18.2 Å². The summed E-state index contributed by atoms with van der Waals surface area (Å²) in [5.41, 5.74) is 0.384. The summed E-state index contributed by atoms with van der Waals surface area (Å²) in [5, 5.41) is 11.7. The Morgan fingerprint density at radius 1 is 1.19 bits per heavy atom. The molecule has 134 valence electrons. The minimum absolute atomic E-state index is 0.0596. The second-order valence-corrected chi connectivity index (χ2v) is 5.61. The van der Waals surface area contributed by atoms with Gasteiger partial charge < -0.3 is 15.2 Å². The van der Waals surface area contributed by atoms with Crippen molar-refractivity contribution in [2.45, 2.75) is 6.42 Å². The number of amidine groups is 1. The van der Waals surface area contributed by atoms with Crippen LogP contribution in [0.3, 0.4) is 0 Å². The number of nitrogens with one attached hydrogen (secondary N) is 1. The number of nitrogens with zero attached hydrogens (tertiary/aromatic N) is 1. The summed E-state index contributed by atoms with van der Waals surface area (Å²) < 4.78 is 34.1. The minimum Gasteiger partial charge on any atom is -0.497 e. The monoisotopic (exact) mass is 358 g/mol. The predicted octanol–water partition coefficient (Wildman–Crippen LogP) is 3.87. The van der Waals surface area contributed by atoms with E-state index < -0.39 is 23.3 Å². The molecule has 2 N–H and O–H groups in total. The fourth-order valence-corrected chi connectivity index (χ4v) is 2.64. The molecule has 5 nitrogen and oxygen atoms in total. The number of ether oxygens (including phenoxy) is 1. The molecule has 0 amide bonds. The molecule has 26 heavy (non-hydrogen) atoms. The van der Waals surface area contributed by atoms with E-state index in [1.807, 2.05) is 0 Å². The number of methoxy groups -OCH3 is 1. The Morgan fingerprint density at radius 2 is 1.92 bits per heavy atom. The molecule has 1 heterocycles. The van der Waals surface area contributed by atoms with E-state index >= 15 is 0 Å². The molecule has 1 aliphatic rings. The molecule has 3 rings (SSSR count). The topological polar surface area (TPSA) is 70.9 Å². The van der Waals surface area contributed by atoms with Crippen LogP contribution in [-0.2, 0) is 4.79 Å². The molecule has 0 bridgehead atoms. The van der Waals surface area contributed by atoms with E-state index in [1.54, 1.807) is 24.3 Å². The van der Waals surface area contributed by atoms with E-state index in [4.69, 9.17) is 4.74 Å². The Labute approximate surface area is 148 Å². The van der Waals surface area contributed by atoms with E-state index in [2.05, 4.69) is 10.3 Å². The van der Waals surface area contributed by atoms with Gasteiger partial charge in [-0.2, -0.15) is 0 Å². The zero-order chi connectivity index (χ0) is 18.7. The minimum atomic E-state index is -1.20. The number of anilines is 1. The molecule has 0 spiro atoms. The summed E-state index contributed by atoms with van der Waals surface area (Å²) in [5.74, 6) is -2.39. The van der Waals surface area contributed by atoms with E-state index in [0.29, 0.717) is 29.8 Å². The maximum atomic E-state index is 14.5. The fraction of sp³-hybridized carbons (Fsp3) is 0.158. The Morgan fingerprint density at radius 3 is 2.58 bits per heavy atom. The van der Waals surface area contributed by atoms with Gasteiger partial charge in [0, 0.05) is 6.54 Å². The van der Waals surface area contributed by atoms with Crippen molar-refractivity contribution in [1.82, 2.24) is 0 Å². The van der Waals surface area contributed by atoms with Gasteiger partial charge in [0.2, 0.25) is 0 Å². The summed E-state index contributed by atoms with van der Waals surface area (Å²) in [4.78, 5) is 15.3. The molecule has 0 aliphatic carbocycles. The number of hydrogen-bond acceptors (Lipinski definition) is 4. The maximum absolute atomic E-state index is 14.5. The SMILES string of the molecule is COc1cccc(-c2cc(F)c(NC3=NCCC=C3C(=O)O)c(F)c2)c1. The molecule has 0 saturated heterocycles. The smallest absolute Gasteiger partial charge is 0.339 e. The molecular weight excluding hydrogens is 342 g/mol. The first kappa shape index (κ1) is 17.6. The van der Waals surface area contributed by atoms with Crippen LogP contribution >= 0.6 is 0 Å². The Hall–Kier alpha value is -3.22. The van der Waals surface area contributed by atoms with Gasteiger partial charge in [0.1, 0.15) is 28.9 Å². The molecule has 0 unspecified atom stereocenters. The van der Waals surface area contributed by atoms with Crippen LogP contribution in [-0.4, -0.2) is 30.6 Å². The highest BCUT2D eigenvalue weighted by molar-refractivity contribution is 6.23. The van der Waals surface area contributed by atoms with Crippen LogP contribution in [0, 0.1) is 11.6 Å². The van der Waals surface area contributed by atoms with Gasteiger partial charge in [0.15, 0.2) is 0 Å². The van der Waals surface area contributed by atoms with Gasteiger partial charge in [-0.05, 0) is 41.8 Å². The summed E-state index contributed by atoms with van der Waals surface area (Å²) in [6.07, 6.45) is 1.94. The summed E-state index contributed by atoms with van der Waals surface area (Å²) in [7, 11) is 1.51. The third-order valence-corrected chi connectivity index (χ3v) is 3.92. The number of carboxylic acid groups (broad SMARTS) is 1. The van der Waals surface area contributed by atoms with Crippen LogP contribution in [0.1, 0.15) is 6.42 Å². The number of aliphatic carboxylic acids is 1. The van der Waals surface area contributed by atoms with E-state index in [9.17, 15) is 18.7 Å². The highest BCUT2D eigenvalue weighted by Gasteiger charge is 2.21. The molecule has 0 atom stereocenters. The van der Waals surface area contributed by atoms with Crippen LogP contribution in [0.25, 0.3) is 11.1 Å². The lowest BCUT2D eigenvalue weighted by atomic mass is 10.0. The van der Waals surface area contributed by atoms with Crippen molar-refractivity contribution in [2.24, 2.45) is 4.99 Å². The molecule has 0 saturated carbocycles. The van der Waals surface area contributed by atoms with Crippen molar-refractivity contribution in [2.75, 3.05) is 19.0 Å². The highest BCUT2D eigenvalue weighted by Crippen LogP contribution is 2.30. The number of dihydropyridines is 1. The molecule has 7 heteroatoms. The zero-order valence-electron chi connectivity index (χ0n) is 13.9. The number of rotatable bonds is 4. The Bertz CT molecular complexity index is 900. The van der Waals surface area contributed by atoms with Crippen molar-refractivity contribution in [3.63, 3.8) is 0 Å². The summed E-state index contributed by atoms with van der Waals surface area (Å²) >= 11 is 0. The van der Waals surface area contributed by atoms with Gasteiger partial charge in [-0.15, -0.1) is 0 Å². The van der Waals surface area contributed by atoms with Crippen LogP contribution in [0.5, 0.6) is 5.75 Å². The second kappa shape index (κ2) is 7.35. The van der Waals surface area contributed by atoms with Gasteiger partial charge in [-0.3, -0.25) is 4.99 Å². The number of carbonyl (C=O) groups is 1. The first-order valence-corrected chi connectivity index (χ1v) is 7.88. The standard InChI is InChI=1S/C19H16F2N2O3/c1-26-13-5-2-4-11(8-13)12-9-15(20)17(16(21)10-12)23-18-14(19(24)25)6-3-7-22-18/h2,4-6,8-10H,3,7H2,1H3,(H,22,23)(H,24,25).